The van der Waals surface area contributed by atoms with Crippen LogP contribution < -0.4 is 9.47 Å². The maximum absolute atomic E-state index is 12.1. The van der Waals surface area contributed by atoms with Crippen molar-refractivity contribution in [3.63, 3.8) is 0 Å². The Morgan fingerprint density at radius 2 is 1.60 bits per heavy atom. The first-order valence-corrected chi connectivity index (χ1v) is 8.26. The maximum Gasteiger partial charge on any atom is 0.246 e. The normalized spacial score (nSPS) is 10.6. The number of carbonyl (C=O) groups is 2. The molecular formula is C19H28N2O4. The van der Waals surface area contributed by atoms with Crippen LogP contribution in [0.1, 0.15) is 25.3 Å². The Balaban J connectivity index is 2.49. The number of benzene rings is 1. The Hall–Kier alpha value is -2.50. The fourth-order valence-corrected chi connectivity index (χ4v) is 2.22. The zero-order valence-corrected chi connectivity index (χ0v) is 15.7. The Morgan fingerprint density at radius 3 is 2.16 bits per heavy atom. The number of methoxy groups -OCH3 is 2. The molecule has 25 heavy (non-hydrogen) atoms. The van der Waals surface area contributed by atoms with Crippen LogP contribution in [-0.2, 0) is 9.59 Å². The minimum atomic E-state index is -0.0605. The second-order valence-corrected chi connectivity index (χ2v) is 5.86. The fraction of sp³-hybridized carbons (Fsp3) is 0.474. The van der Waals surface area contributed by atoms with Gasteiger partial charge in [-0.3, -0.25) is 9.59 Å². The average Bonchev–Trinajstić information content (AvgIpc) is 2.62. The van der Waals surface area contributed by atoms with Gasteiger partial charge in [0.25, 0.3) is 0 Å². The van der Waals surface area contributed by atoms with Crippen LogP contribution in [-0.4, -0.2) is 63.0 Å². The summed E-state index contributed by atoms with van der Waals surface area (Å²) in [4.78, 5) is 26.6. The van der Waals surface area contributed by atoms with Crippen molar-refractivity contribution >= 4 is 17.9 Å². The summed E-state index contributed by atoms with van der Waals surface area (Å²) in [6.07, 6.45) is 5.02. The van der Waals surface area contributed by atoms with Gasteiger partial charge in [-0.1, -0.05) is 6.07 Å². The molecule has 6 nitrogen and oxygen atoms in total. The summed E-state index contributed by atoms with van der Waals surface area (Å²) in [7, 11) is 6.72. The molecule has 0 N–H and O–H groups in total. The highest BCUT2D eigenvalue weighted by molar-refractivity contribution is 5.91. The molecule has 1 rings (SSSR count). The molecule has 0 saturated heterocycles. The van der Waals surface area contributed by atoms with Crippen LogP contribution in [0.3, 0.4) is 0 Å². The summed E-state index contributed by atoms with van der Waals surface area (Å²) in [5.74, 6) is 1.27. The Kier molecular flexibility index (Phi) is 8.53. The van der Waals surface area contributed by atoms with Gasteiger partial charge in [-0.2, -0.15) is 0 Å². The van der Waals surface area contributed by atoms with Gasteiger partial charge in [-0.05, 0) is 36.6 Å². The molecule has 1 aromatic rings. The highest BCUT2D eigenvalue weighted by Gasteiger charge is 2.07. The summed E-state index contributed by atoms with van der Waals surface area (Å²) < 4.78 is 10.4. The number of amides is 2. The molecule has 0 saturated carbocycles. The third-order valence-corrected chi connectivity index (χ3v) is 3.98. The monoisotopic (exact) mass is 348 g/mol. The van der Waals surface area contributed by atoms with E-state index in [0.29, 0.717) is 24.6 Å². The van der Waals surface area contributed by atoms with Crippen molar-refractivity contribution in [2.45, 2.75) is 19.8 Å². The molecule has 138 valence electrons. The first-order valence-electron chi connectivity index (χ1n) is 8.26. The van der Waals surface area contributed by atoms with E-state index in [-0.39, 0.29) is 11.8 Å². The van der Waals surface area contributed by atoms with E-state index in [1.165, 1.54) is 0 Å². The molecule has 0 aliphatic heterocycles. The zero-order chi connectivity index (χ0) is 18.8. The van der Waals surface area contributed by atoms with Crippen molar-refractivity contribution in [3.8, 4) is 11.5 Å². The van der Waals surface area contributed by atoms with E-state index in [4.69, 9.17) is 9.47 Å². The summed E-state index contributed by atoms with van der Waals surface area (Å²) >= 11 is 0. The van der Waals surface area contributed by atoms with Crippen LogP contribution in [0, 0.1) is 0 Å². The Bertz CT molecular complexity index is 613. The van der Waals surface area contributed by atoms with Crippen molar-refractivity contribution in [2.24, 2.45) is 0 Å². The molecule has 2 amide bonds. The molecule has 0 heterocycles. The lowest BCUT2D eigenvalue weighted by atomic mass is 10.2. The van der Waals surface area contributed by atoms with Crippen LogP contribution in [0.2, 0.25) is 0 Å². The van der Waals surface area contributed by atoms with Gasteiger partial charge in [0.1, 0.15) is 0 Å². The second-order valence-electron chi connectivity index (χ2n) is 5.86. The molecule has 0 bridgehead atoms. The highest BCUT2D eigenvalue weighted by Crippen LogP contribution is 2.27. The Morgan fingerprint density at radius 1 is 1.00 bits per heavy atom. The average molecular weight is 348 g/mol. The molecular weight excluding hydrogens is 320 g/mol. The number of unbranched alkanes of at least 4 members (excludes halogenated alkanes) is 1. The fourth-order valence-electron chi connectivity index (χ4n) is 2.22. The summed E-state index contributed by atoms with van der Waals surface area (Å²) in [5.41, 5.74) is 0.863. The van der Waals surface area contributed by atoms with Gasteiger partial charge in [0, 0.05) is 40.2 Å². The lowest BCUT2D eigenvalue weighted by Crippen LogP contribution is -2.28. The third-order valence-electron chi connectivity index (χ3n) is 3.98. The van der Waals surface area contributed by atoms with Crippen molar-refractivity contribution in [2.75, 3.05) is 41.4 Å². The number of hydrogen-bond acceptors (Lipinski definition) is 4. The lowest BCUT2D eigenvalue weighted by molar-refractivity contribution is -0.128. The molecule has 0 radical (unpaired) electrons. The van der Waals surface area contributed by atoms with Crippen LogP contribution in [0.5, 0.6) is 11.5 Å². The first-order chi connectivity index (χ1) is 11.9. The summed E-state index contributed by atoms with van der Waals surface area (Å²) in [6, 6.07) is 5.49. The van der Waals surface area contributed by atoms with Gasteiger partial charge in [-0.15, -0.1) is 0 Å². The number of nitrogens with zero attached hydrogens (tertiary/aromatic N) is 2. The number of carbonyl (C=O) groups excluding carboxylic acids is 2. The predicted octanol–water partition coefficient (Wildman–Crippen LogP) is 2.43. The molecule has 1 aromatic carbocycles. The largest absolute Gasteiger partial charge is 0.493 e. The minimum Gasteiger partial charge on any atom is -0.493 e. The predicted molar refractivity (Wildman–Crippen MR) is 98.8 cm³/mol. The van der Waals surface area contributed by atoms with E-state index in [1.54, 1.807) is 63.3 Å². The van der Waals surface area contributed by atoms with Gasteiger partial charge in [-0.25, -0.2) is 0 Å². The zero-order valence-electron chi connectivity index (χ0n) is 15.7. The van der Waals surface area contributed by atoms with E-state index in [1.807, 2.05) is 12.1 Å². The SMILES string of the molecule is COc1ccc(/C=C/C(=O)N(C)CCCCN(C)C(C)=O)cc1OC. The van der Waals surface area contributed by atoms with E-state index in [9.17, 15) is 9.59 Å². The lowest BCUT2D eigenvalue weighted by Gasteiger charge is -2.17. The maximum atomic E-state index is 12.1. The smallest absolute Gasteiger partial charge is 0.246 e. The van der Waals surface area contributed by atoms with Crippen LogP contribution in [0.4, 0.5) is 0 Å². The topological polar surface area (TPSA) is 59.1 Å². The van der Waals surface area contributed by atoms with Crippen molar-refractivity contribution in [1.82, 2.24) is 9.80 Å². The van der Waals surface area contributed by atoms with Crippen LogP contribution in [0.25, 0.3) is 6.08 Å². The van der Waals surface area contributed by atoms with Gasteiger partial charge in [0.05, 0.1) is 14.2 Å². The minimum absolute atomic E-state index is 0.0577. The molecule has 0 aliphatic rings. The molecule has 0 atom stereocenters. The van der Waals surface area contributed by atoms with Gasteiger partial charge < -0.3 is 19.3 Å². The van der Waals surface area contributed by atoms with Gasteiger partial charge in [0.15, 0.2) is 11.5 Å². The second kappa shape index (κ2) is 10.4. The number of ether oxygens (including phenoxy) is 2. The van der Waals surface area contributed by atoms with Gasteiger partial charge in [0.2, 0.25) is 11.8 Å². The molecule has 0 fully saturated rings. The highest BCUT2D eigenvalue weighted by atomic mass is 16.5. The molecule has 0 unspecified atom stereocenters. The molecule has 6 heteroatoms. The number of rotatable bonds is 9. The van der Waals surface area contributed by atoms with E-state index in [0.717, 1.165) is 18.4 Å². The molecule has 0 aromatic heterocycles. The molecule has 0 spiro atoms. The third kappa shape index (κ3) is 6.87. The van der Waals surface area contributed by atoms with E-state index < -0.39 is 0 Å². The summed E-state index contributed by atoms with van der Waals surface area (Å²) in [5, 5.41) is 0. The number of hydrogen-bond donors (Lipinski definition) is 0. The van der Waals surface area contributed by atoms with Crippen molar-refractivity contribution in [3.05, 3.63) is 29.8 Å². The summed E-state index contributed by atoms with van der Waals surface area (Å²) in [6.45, 7) is 2.91. The Labute approximate surface area is 150 Å². The van der Waals surface area contributed by atoms with Crippen LogP contribution >= 0.6 is 0 Å². The first kappa shape index (κ1) is 20.5. The van der Waals surface area contributed by atoms with E-state index >= 15 is 0 Å². The molecule has 0 aliphatic carbocycles. The van der Waals surface area contributed by atoms with Crippen molar-refractivity contribution in [1.29, 1.82) is 0 Å². The number of likely N-dealkylation sites (N-methyl/N-ethyl adjacent to an activating group) is 1. The quantitative estimate of drug-likeness (QED) is 0.508. The van der Waals surface area contributed by atoms with E-state index in [2.05, 4.69) is 0 Å². The standard InChI is InChI=1S/C19H28N2O4/c1-15(22)20(2)12-6-7-13-21(3)19(23)11-9-16-8-10-17(24-4)18(14-16)25-5/h8-11,14H,6-7,12-13H2,1-5H3/b11-9+. The van der Waals surface area contributed by atoms with Crippen LogP contribution in [0.15, 0.2) is 24.3 Å². The van der Waals surface area contributed by atoms with Gasteiger partial charge >= 0.3 is 0 Å². The van der Waals surface area contributed by atoms with Crippen molar-refractivity contribution < 1.29 is 19.1 Å².